The third-order valence-electron chi connectivity index (χ3n) is 6.58. The zero-order valence-corrected chi connectivity index (χ0v) is 19.7. The third kappa shape index (κ3) is 4.64. The monoisotopic (exact) mass is 454 g/mol. The summed E-state index contributed by atoms with van der Waals surface area (Å²) in [4.78, 5) is 24.1. The Kier molecular flexibility index (Phi) is 6.25. The van der Waals surface area contributed by atoms with Crippen molar-refractivity contribution >= 4 is 22.8 Å². The SMILES string of the molecule is CCc1ccc(CNC(=O)[C@@H]2CCCN(c3ncnc4nn(-c5ccc(C)cc5)cc34)C2)cc1. The van der Waals surface area contributed by atoms with Crippen LogP contribution in [0.15, 0.2) is 61.1 Å². The van der Waals surface area contributed by atoms with Crippen molar-refractivity contribution in [2.24, 2.45) is 5.92 Å². The van der Waals surface area contributed by atoms with Gasteiger partial charge < -0.3 is 10.2 Å². The van der Waals surface area contributed by atoms with E-state index in [2.05, 4.69) is 75.5 Å². The van der Waals surface area contributed by atoms with Crippen molar-refractivity contribution in [2.75, 3.05) is 18.0 Å². The Hall–Kier alpha value is -3.74. The van der Waals surface area contributed by atoms with Gasteiger partial charge in [-0.2, -0.15) is 0 Å². The highest BCUT2D eigenvalue weighted by Crippen LogP contribution is 2.28. The lowest BCUT2D eigenvalue weighted by atomic mass is 9.97. The van der Waals surface area contributed by atoms with Crippen molar-refractivity contribution in [1.29, 1.82) is 0 Å². The Labute approximate surface area is 199 Å². The highest BCUT2D eigenvalue weighted by molar-refractivity contribution is 5.87. The topological polar surface area (TPSA) is 75.9 Å². The molecule has 4 aromatic rings. The number of piperidine rings is 1. The van der Waals surface area contributed by atoms with Crippen molar-refractivity contribution in [3.8, 4) is 5.69 Å². The number of aryl methyl sites for hydroxylation is 2. The minimum absolute atomic E-state index is 0.0687. The molecule has 0 spiro atoms. The predicted molar refractivity (Wildman–Crippen MR) is 134 cm³/mol. The lowest BCUT2D eigenvalue weighted by Crippen LogP contribution is -2.43. The Morgan fingerprint density at radius 3 is 2.59 bits per heavy atom. The largest absolute Gasteiger partial charge is 0.355 e. The Morgan fingerprint density at radius 1 is 1.06 bits per heavy atom. The molecule has 2 aromatic carbocycles. The van der Waals surface area contributed by atoms with Crippen LogP contribution in [-0.4, -0.2) is 38.7 Å². The van der Waals surface area contributed by atoms with Gasteiger partial charge in [0.2, 0.25) is 5.91 Å². The van der Waals surface area contributed by atoms with Gasteiger partial charge in [-0.05, 0) is 49.4 Å². The van der Waals surface area contributed by atoms with Crippen LogP contribution in [-0.2, 0) is 17.8 Å². The first-order valence-corrected chi connectivity index (χ1v) is 12.0. The van der Waals surface area contributed by atoms with E-state index < -0.39 is 0 Å². The molecule has 1 atom stereocenters. The molecule has 7 nitrogen and oxygen atoms in total. The smallest absolute Gasteiger partial charge is 0.225 e. The van der Waals surface area contributed by atoms with Gasteiger partial charge in [0.25, 0.3) is 0 Å². The van der Waals surface area contributed by atoms with E-state index in [9.17, 15) is 4.79 Å². The molecule has 1 saturated heterocycles. The molecule has 0 bridgehead atoms. The summed E-state index contributed by atoms with van der Waals surface area (Å²) in [5, 5.41) is 8.69. The van der Waals surface area contributed by atoms with E-state index in [1.807, 2.05) is 23.0 Å². The molecule has 1 fully saturated rings. The molecule has 7 heteroatoms. The molecule has 34 heavy (non-hydrogen) atoms. The van der Waals surface area contributed by atoms with Gasteiger partial charge in [-0.25, -0.2) is 14.6 Å². The summed E-state index contributed by atoms with van der Waals surface area (Å²) >= 11 is 0. The van der Waals surface area contributed by atoms with E-state index >= 15 is 0 Å². The minimum atomic E-state index is -0.0687. The number of fused-ring (bicyclic) bond motifs is 1. The van der Waals surface area contributed by atoms with Crippen molar-refractivity contribution < 1.29 is 4.79 Å². The highest BCUT2D eigenvalue weighted by Gasteiger charge is 2.28. The summed E-state index contributed by atoms with van der Waals surface area (Å²) in [6.45, 7) is 6.27. The van der Waals surface area contributed by atoms with Gasteiger partial charge in [0.1, 0.15) is 12.1 Å². The van der Waals surface area contributed by atoms with Gasteiger partial charge in [0.05, 0.1) is 17.0 Å². The third-order valence-corrected chi connectivity index (χ3v) is 6.58. The van der Waals surface area contributed by atoms with Crippen LogP contribution in [0.3, 0.4) is 0 Å². The van der Waals surface area contributed by atoms with Gasteiger partial charge in [0, 0.05) is 25.8 Å². The fraction of sp³-hybridized carbons (Fsp3) is 0.333. The number of carbonyl (C=O) groups excluding carboxylic acids is 1. The molecule has 174 valence electrons. The second-order valence-corrected chi connectivity index (χ2v) is 9.02. The summed E-state index contributed by atoms with van der Waals surface area (Å²) in [6, 6.07) is 16.7. The quantitative estimate of drug-likeness (QED) is 0.472. The lowest BCUT2D eigenvalue weighted by Gasteiger charge is -2.33. The van der Waals surface area contributed by atoms with Crippen LogP contribution in [0.2, 0.25) is 0 Å². The van der Waals surface area contributed by atoms with Gasteiger partial charge in [0.15, 0.2) is 5.65 Å². The van der Waals surface area contributed by atoms with Crippen molar-refractivity contribution in [1.82, 2.24) is 25.1 Å². The summed E-state index contributed by atoms with van der Waals surface area (Å²) in [5.41, 5.74) is 5.28. The highest BCUT2D eigenvalue weighted by atomic mass is 16.1. The maximum absolute atomic E-state index is 13.0. The molecule has 2 aromatic heterocycles. The molecule has 0 saturated carbocycles. The first-order chi connectivity index (χ1) is 16.6. The van der Waals surface area contributed by atoms with E-state index in [1.165, 1.54) is 11.1 Å². The van der Waals surface area contributed by atoms with E-state index in [0.29, 0.717) is 18.7 Å². The van der Waals surface area contributed by atoms with Crippen LogP contribution in [0.25, 0.3) is 16.7 Å². The molecule has 0 unspecified atom stereocenters. The molecule has 1 amide bonds. The van der Waals surface area contributed by atoms with E-state index in [1.54, 1.807) is 6.33 Å². The minimum Gasteiger partial charge on any atom is -0.355 e. The molecular formula is C27H30N6O. The van der Waals surface area contributed by atoms with Crippen LogP contribution in [0.1, 0.15) is 36.5 Å². The van der Waals surface area contributed by atoms with E-state index in [4.69, 9.17) is 0 Å². The average Bonchev–Trinajstić information content (AvgIpc) is 3.32. The number of amides is 1. The molecule has 0 radical (unpaired) electrons. The van der Waals surface area contributed by atoms with Gasteiger partial charge in [-0.1, -0.05) is 48.9 Å². The van der Waals surface area contributed by atoms with Gasteiger partial charge in [-0.3, -0.25) is 4.79 Å². The van der Waals surface area contributed by atoms with Gasteiger partial charge >= 0.3 is 0 Å². The van der Waals surface area contributed by atoms with Crippen molar-refractivity contribution in [3.63, 3.8) is 0 Å². The van der Waals surface area contributed by atoms with Crippen LogP contribution < -0.4 is 10.2 Å². The molecule has 1 aliphatic heterocycles. The molecular weight excluding hydrogens is 424 g/mol. The summed E-state index contributed by atoms with van der Waals surface area (Å²) in [5.74, 6) is 0.877. The van der Waals surface area contributed by atoms with Crippen LogP contribution in [0.4, 0.5) is 5.82 Å². The Bertz CT molecular complexity index is 1280. The van der Waals surface area contributed by atoms with E-state index in [0.717, 1.165) is 48.3 Å². The number of hydrogen-bond acceptors (Lipinski definition) is 5. The molecule has 1 N–H and O–H groups in total. The summed E-state index contributed by atoms with van der Waals surface area (Å²) in [6.07, 6.45) is 6.40. The number of aromatic nitrogens is 4. The second kappa shape index (κ2) is 9.63. The second-order valence-electron chi connectivity index (χ2n) is 9.02. The molecule has 1 aliphatic rings. The van der Waals surface area contributed by atoms with Crippen LogP contribution in [0.5, 0.6) is 0 Å². The average molecular weight is 455 g/mol. The standard InChI is InChI=1S/C27H30N6O/c1-3-20-8-10-21(11-9-20)15-28-27(34)22-5-4-14-32(16-22)26-24-17-33(31-25(24)29-18-30-26)23-12-6-19(2)7-13-23/h6-13,17-18,22H,3-5,14-16H2,1-2H3,(H,28,34)/t22-/m1/s1. The predicted octanol–water partition coefficient (Wildman–Crippen LogP) is 4.22. The number of anilines is 1. The lowest BCUT2D eigenvalue weighted by molar-refractivity contribution is -0.125. The van der Waals surface area contributed by atoms with E-state index in [-0.39, 0.29) is 11.8 Å². The van der Waals surface area contributed by atoms with Crippen LogP contribution in [0, 0.1) is 12.8 Å². The summed E-state index contributed by atoms with van der Waals surface area (Å²) in [7, 11) is 0. The number of rotatable bonds is 6. The first-order valence-electron chi connectivity index (χ1n) is 12.0. The van der Waals surface area contributed by atoms with Crippen molar-refractivity contribution in [3.05, 3.63) is 77.7 Å². The first kappa shape index (κ1) is 22.1. The molecule has 0 aliphatic carbocycles. The number of nitrogens with zero attached hydrogens (tertiary/aromatic N) is 5. The maximum Gasteiger partial charge on any atom is 0.225 e. The normalized spacial score (nSPS) is 16.1. The molecule has 5 rings (SSSR count). The fourth-order valence-electron chi connectivity index (χ4n) is 4.52. The van der Waals surface area contributed by atoms with Crippen LogP contribution >= 0.6 is 0 Å². The maximum atomic E-state index is 13.0. The zero-order chi connectivity index (χ0) is 23.5. The Morgan fingerprint density at radius 2 is 1.82 bits per heavy atom. The summed E-state index contributed by atoms with van der Waals surface area (Å²) < 4.78 is 1.85. The number of hydrogen-bond donors (Lipinski definition) is 1. The fourth-order valence-corrected chi connectivity index (χ4v) is 4.52. The zero-order valence-electron chi connectivity index (χ0n) is 19.7. The number of nitrogens with one attached hydrogen (secondary N) is 1. The Balaban J connectivity index is 1.30. The van der Waals surface area contributed by atoms with Gasteiger partial charge in [-0.15, -0.1) is 5.10 Å². The number of carbonyl (C=O) groups is 1. The van der Waals surface area contributed by atoms with Crippen molar-refractivity contribution in [2.45, 2.75) is 39.7 Å². The molecule has 3 heterocycles. The number of benzene rings is 2.